The number of halogens is 1. The molecule has 0 saturated carbocycles. The average molecular weight is 319 g/mol. The fourth-order valence-electron chi connectivity index (χ4n) is 2.94. The van der Waals surface area contributed by atoms with E-state index in [0.717, 1.165) is 19.5 Å². The quantitative estimate of drug-likeness (QED) is 0.887. The van der Waals surface area contributed by atoms with Crippen LogP contribution in [0.15, 0.2) is 28.8 Å². The van der Waals surface area contributed by atoms with E-state index in [1.807, 2.05) is 0 Å². The second kappa shape index (κ2) is 7.55. The van der Waals surface area contributed by atoms with Gasteiger partial charge in [-0.25, -0.2) is 4.39 Å². The van der Waals surface area contributed by atoms with Crippen LogP contribution in [0, 0.1) is 17.7 Å². The third-order valence-electron chi connectivity index (χ3n) is 4.34. The molecule has 0 spiro atoms. The minimum absolute atomic E-state index is 0.101. The van der Waals surface area contributed by atoms with Gasteiger partial charge in [-0.05, 0) is 49.9 Å². The van der Waals surface area contributed by atoms with Gasteiger partial charge < -0.3 is 14.6 Å². The first kappa shape index (κ1) is 15.9. The lowest BCUT2D eigenvalue weighted by molar-refractivity contribution is 0.253. The van der Waals surface area contributed by atoms with Crippen molar-refractivity contribution in [3.05, 3.63) is 41.8 Å². The van der Waals surface area contributed by atoms with Gasteiger partial charge in [-0.15, -0.1) is 0 Å². The van der Waals surface area contributed by atoms with Crippen LogP contribution in [0.25, 0.3) is 0 Å². The molecule has 2 aromatic rings. The van der Waals surface area contributed by atoms with Crippen LogP contribution in [0.3, 0.4) is 0 Å². The van der Waals surface area contributed by atoms with Crippen molar-refractivity contribution in [3.63, 3.8) is 0 Å². The summed E-state index contributed by atoms with van der Waals surface area (Å²) in [6.07, 6.45) is 3.23. The van der Waals surface area contributed by atoms with E-state index >= 15 is 0 Å². The Hall–Kier alpha value is -1.95. The van der Waals surface area contributed by atoms with Crippen LogP contribution in [0.4, 0.5) is 4.39 Å². The topological polar surface area (TPSA) is 60.2 Å². The maximum atomic E-state index is 13.5. The van der Waals surface area contributed by atoms with Gasteiger partial charge >= 0.3 is 0 Å². The molecule has 1 N–H and O–H groups in total. The minimum Gasteiger partial charge on any atom is -0.482 e. The van der Waals surface area contributed by atoms with Crippen molar-refractivity contribution in [2.75, 3.05) is 13.1 Å². The Morgan fingerprint density at radius 2 is 2.30 bits per heavy atom. The largest absolute Gasteiger partial charge is 0.482 e. The van der Waals surface area contributed by atoms with E-state index in [2.05, 4.69) is 22.4 Å². The van der Waals surface area contributed by atoms with Crippen LogP contribution in [0.5, 0.6) is 5.75 Å². The fourth-order valence-corrected chi connectivity index (χ4v) is 2.94. The highest BCUT2D eigenvalue weighted by Crippen LogP contribution is 2.23. The van der Waals surface area contributed by atoms with Crippen LogP contribution < -0.4 is 10.1 Å². The number of para-hydroxylation sites is 1. The van der Waals surface area contributed by atoms with E-state index in [0.29, 0.717) is 23.6 Å². The lowest BCUT2D eigenvalue weighted by Gasteiger charge is -2.27. The first-order chi connectivity index (χ1) is 11.2. The molecular formula is C17H22FN3O2. The van der Waals surface area contributed by atoms with Crippen LogP contribution in [-0.2, 0) is 13.0 Å². The summed E-state index contributed by atoms with van der Waals surface area (Å²) in [4.78, 5) is 4.34. The highest BCUT2D eigenvalue weighted by molar-refractivity contribution is 5.23. The zero-order chi connectivity index (χ0) is 16.1. The summed E-state index contributed by atoms with van der Waals surface area (Å²) in [5, 5.41) is 7.34. The van der Waals surface area contributed by atoms with Gasteiger partial charge in [0.15, 0.2) is 18.2 Å². The molecule has 1 fully saturated rings. The maximum absolute atomic E-state index is 13.5. The van der Waals surface area contributed by atoms with Crippen LogP contribution in [0.2, 0.25) is 0 Å². The van der Waals surface area contributed by atoms with Gasteiger partial charge in [0.25, 0.3) is 0 Å². The molecule has 2 atom stereocenters. The van der Waals surface area contributed by atoms with Crippen LogP contribution >= 0.6 is 0 Å². The Morgan fingerprint density at radius 3 is 3.09 bits per heavy atom. The number of rotatable bonds is 6. The van der Waals surface area contributed by atoms with Crippen molar-refractivity contribution in [1.82, 2.24) is 15.5 Å². The lowest BCUT2D eigenvalue weighted by Crippen LogP contribution is -2.33. The molecule has 1 aliphatic heterocycles. The molecular weight excluding hydrogens is 297 g/mol. The zero-order valence-electron chi connectivity index (χ0n) is 13.3. The van der Waals surface area contributed by atoms with E-state index in [1.54, 1.807) is 18.2 Å². The van der Waals surface area contributed by atoms with Crippen molar-refractivity contribution >= 4 is 0 Å². The summed E-state index contributed by atoms with van der Waals surface area (Å²) in [6.45, 7) is 4.49. The van der Waals surface area contributed by atoms with E-state index in [1.165, 1.54) is 18.9 Å². The molecule has 0 bridgehead atoms. The minimum atomic E-state index is -0.394. The number of hydrogen-bond acceptors (Lipinski definition) is 5. The van der Waals surface area contributed by atoms with E-state index in [-0.39, 0.29) is 12.4 Å². The summed E-state index contributed by atoms with van der Waals surface area (Å²) in [7, 11) is 0. The van der Waals surface area contributed by atoms with Gasteiger partial charge in [0.05, 0.1) is 0 Å². The SMILES string of the molecule is CC(Cc1nc(COc2ccccc2F)no1)C1CCCNC1. The summed E-state index contributed by atoms with van der Waals surface area (Å²) in [5.41, 5.74) is 0. The summed E-state index contributed by atoms with van der Waals surface area (Å²) < 4.78 is 24.2. The summed E-state index contributed by atoms with van der Waals surface area (Å²) >= 11 is 0. The van der Waals surface area contributed by atoms with Gasteiger partial charge in [0.2, 0.25) is 11.7 Å². The first-order valence-corrected chi connectivity index (χ1v) is 8.12. The molecule has 2 unspecified atom stereocenters. The number of piperidine rings is 1. The third-order valence-corrected chi connectivity index (χ3v) is 4.34. The predicted octanol–water partition coefficient (Wildman–Crippen LogP) is 2.97. The van der Waals surface area contributed by atoms with Gasteiger partial charge in [-0.1, -0.05) is 24.2 Å². The molecule has 5 nitrogen and oxygen atoms in total. The van der Waals surface area contributed by atoms with Crippen LogP contribution in [0.1, 0.15) is 31.5 Å². The lowest BCUT2D eigenvalue weighted by atomic mass is 9.85. The Balaban J connectivity index is 1.52. The Bertz CT molecular complexity index is 626. The molecule has 1 aromatic carbocycles. The number of hydrogen-bond donors (Lipinski definition) is 1. The summed E-state index contributed by atoms with van der Waals surface area (Å²) in [5.74, 6) is 2.00. The van der Waals surface area contributed by atoms with E-state index in [9.17, 15) is 4.39 Å². The molecule has 23 heavy (non-hydrogen) atoms. The number of benzene rings is 1. The van der Waals surface area contributed by atoms with Gasteiger partial charge in [0, 0.05) is 6.42 Å². The number of nitrogens with zero attached hydrogens (tertiary/aromatic N) is 2. The van der Waals surface area contributed by atoms with Crippen molar-refractivity contribution in [1.29, 1.82) is 0 Å². The van der Waals surface area contributed by atoms with Gasteiger partial charge in [0.1, 0.15) is 0 Å². The Labute approximate surface area is 135 Å². The molecule has 6 heteroatoms. The highest BCUT2D eigenvalue weighted by atomic mass is 19.1. The molecule has 0 radical (unpaired) electrons. The second-order valence-electron chi connectivity index (χ2n) is 6.11. The molecule has 0 aliphatic carbocycles. The normalized spacial score (nSPS) is 19.5. The maximum Gasteiger partial charge on any atom is 0.227 e. The second-order valence-corrected chi connectivity index (χ2v) is 6.11. The molecule has 2 heterocycles. The smallest absolute Gasteiger partial charge is 0.227 e. The van der Waals surface area contributed by atoms with Crippen molar-refractivity contribution < 1.29 is 13.7 Å². The highest BCUT2D eigenvalue weighted by Gasteiger charge is 2.22. The molecule has 1 saturated heterocycles. The molecule has 3 rings (SSSR count). The molecule has 0 amide bonds. The average Bonchev–Trinajstić information content (AvgIpc) is 3.02. The predicted molar refractivity (Wildman–Crippen MR) is 83.5 cm³/mol. The third kappa shape index (κ3) is 4.28. The fraction of sp³-hybridized carbons (Fsp3) is 0.529. The zero-order valence-corrected chi connectivity index (χ0v) is 13.3. The summed E-state index contributed by atoms with van der Waals surface area (Å²) in [6, 6.07) is 6.28. The van der Waals surface area contributed by atoms with Crippen molar-refractivity contribution in [2.24, 2.45) is 11.8 Å². The van der Waals surface area contributed by atoms with Gasteiger partial charge in [-0.3, -0.25) is 0 Å². The van der Waals surface area contributed by atoms with E-state index < -0.39 is 5.82 Å². The monoisotopic (exact) mass is 319 g/mol. The Morgan fingerprint density at radius 1 is 1.43 bits per heavy atom. The van der Waals surface area contributed by atoms with E-state index in [4.69, 9.17) is 9.26 Å². The van der Waals surface area contributed by atoms with Gasteiger partial charge in [-0.2, -0.15) is 4.98 Å². The number of ether oxygens (including phenoxy) is 1. The number of aromatic nitrogens is 2. The van der Waals surface area contributed by atoms with Crippen molar-refractivity contribution in [3.8, 4) is 5.75 Å². The molecule has 1 aliphatic rings. The van der Waals surface area contributed by atoms with Crippen LogP contribution in [-0.4, -0.2) is 23.2 Å². The molecule has 1 aromatic heterocycles. The standard InChI is InChI=1S/C17H22FN3O2/c1-12(13-5-4-8-19-10-13)9-17-20-16(21-23-17)11-22-15-7-3-2-6-14(15)18/h2-3,6-7,12-13,19H,4-5,8-11H2,1H3. The van der Waals surface area contributed by atoms with Crippen molar-refractivity contribution in [2.45, 2.75) is 32.8 Å². The molecule has 124 valence electrons. The first-order valence-electron chi connectivity index (χ1n) is 8.12. The number of nitrogens with one attached hydrogen (secondary N) is 1. The Kier molecular flexibility index (Phi) is 5.23.